The Morgan fingerprint density at radius 3 is 2.40 bits per heavy atom. The van der Waals surface area contributed by atoms with E-state index in [9.17, 15) is 14.7 Å². The molecule has 0 heterocycles. The summed E-state index contributed by atoms with van der Waals surface area (Å²) < 4.78 is 0. The molecule has 5 heteroatoms. The van der Waals surface area contributed by atoms with Gasteiger partial charge in [0.15, 0.2) is 0 Å². The Hall–Kier alpha value is -2.66. The fourth-order valence-electron chi connectivity index (χ4n) is 2.51. The molecule has 1 unspecified atom stereocenters. The predicted octanol–water partition coefficient (Wildman–Crippen LogP) is 2.35. The number of rotatable bonds is 8. The number of aliphatic hydroxyl groups is 1. The Morgan fingerprint density at radius 1 is 1.00 bits per heavy atom. The molecule has 5 nitrogen and oxygen atoms in total. The van der Waals surface area contributed by atoms with Gasteiger partial charge in [0.2, 0.25) is 5.91 Å². The molecule has 132 valence electrons. The number of aryl methyl sites for hydroxylation is 1. The van der Waals surface area contributed by atoms with Gasteiger partial charge in [-0.25, -0.2) is 0 Å². The van der Waals surface area contributed by atoms with Crippen molar-refractivity contribution in [3.8, 4) is 0 Å². The molecule has 0 bridgehead atoms. The molecule has 0 aliphatic carbocycles. The van der Waals surface area contributed by atoms with E-state index in [2.05, 4.69) is 10.6 Å². The Labute approximate surface area is 148 Å². The zero-order valence-electron chi connectivity index (χ0n) is 14.4. The number of benzene rings is 2. The summed E-state index contributed by atoms with van der Waals surface area (Å²) in [6.45, 7) is 2.54. The molecule has 0 spiro atoms. The van der Waals surface area contributed by atoms with E-state index in [0.29, 0.717) is 24.9 Å². The summed E-state index contributed by atoms with van der Waals surface area (Å²) in [6, 6.07) is 16.5. The largest absolute Gasteiger partial charge is 0.387 e. The Bertz CT molecular complexity index is 701. The van der Waals surface area contributed by atoms with E-state index in [-0.39, 0.29) is 18.4 Å². The van der Waals surface area contributed by atoms with Crippen LogP contribution < -0.4 is 10.6 Å². The average Bonchev–Trinajstić information content (AvgIpc) is 2.64. The second kappa shape index (κ2) is 9.59. The van der Waals surface area contributed by atoms with E-state index in [1.807, 2.05) is 49.4 Å². The summed E-state index contributed by atoms with van der Waals surface area (Å²) in [5, 5.41) is 15.7. The number of carbonyl (C=O) groups is 2. The van der Waals surface area contributed by atoms with Crippen LogP contribution in [0.2, 0.25) is 0 Å². The first-order valence-corrected chi connectivity index (χ1v) is 8.41. The SMILES string of the molecule is Cc1ccccc1C(O)CNC(=O)CCCNC(=O)c1ccccc1. The van der Waals surface area contributed by atoms with Crippen LogP contribution in [0.4, 0.5) is 0 Å². The molecule has 2 aromatic carbocycles. The van der Waals surface area contributed by atoms with Crippen molar-refractivity contribution >= 4 is 11.8 Å². The van der Waals surface area contributed by atoms with Gasteiger partial charge in [0, 0.05) is 25.1 Å². The second-order valence-electron chi connectivity index (χ2n) is 5.90. The van der Waals surface area contributed by atoms with Crippen molar-refractivity contribution in [3.05, 3.63) is 71.3 Å². The highest BCUT2D eigenvalue weighted by molar-refractivity contribution is 5.94. The molecule has 0 radical (unpaired) electrons. The first-order chi connectivity index (χ1) is 12.1. The molecular formula is C20H24N2O3. The van der Waals surface area contributed by atoms with Crippen LogP contribution in [0.3, 0.4) is 0 Å². The topological polar surface area (TPSA) is 78.4 Å². The van der Waals surface area contributed by atoms with Gasteiger partial charge in [0.1, 0.15) is 0 Å². The van der Waals surface area contributed by atoms with E-state index < -0.39 is 6.10 Å². The van der Waals surface area contributed by atoms with Gasteiger partial charge >= 0.3 is 0 Å². The van der Waals surface area contributed by atoms with Crippen molar-refractivity contribution in [2.45, 2.75) is 25.9 Å². The molecule has 0 aromatic heterocycles. The third kappa shape index (κ3) is 6.04. The number of hydrogen-bond acceptors (Lipinski definition) is 3. The van der Waals surface area contributed by atoms with E-state index in [0.717, 1.165) is 11.1 Å². The summed E-state index contributed by atoms with van der Waals surface area (Å²) in [4.78, 5) is 23.7. The molecule has 0 aliphatic rings. The van der Waals surface area contributed by atoms with Gasteiger partial charge in [-0.3, -0.25) is 9.59 Å². The van der Waals surface area contributed by atoms with Crippen LogP contribution in [0.5, 0.6) is 0 Å². The summed E-state index contributed by atoms with van der Waals surface area (Å²) in [5.41, 5.74) is 2.42. The molecule has 2 aromatic rings. The third-order valence-electron chi connectivity index (χ3n) is 3.94. The van der Waals surface area contributed by atoms with Gasteiger partial charge in [-0.2, -0.15) is 0 Å². The third-order valence-corrected chi connectivity index (χ3v) is 3.94. The van der Waals surface area contributed by atoms with E-state index in [1.165, 1.54) is 0 Å². The molecule has 0 fully saturated rings. The monoisotopic (exact) mass is 340 g/mol. The van der Waals surface area contributed by atoms with Crippen LogP contribution >= 0.6 is 0 Å². The van der Waals surface area contributed by atoms with Gasteiger partial charge < -0.3 is 15.7 Å². The molecule has 2 amide bonds. The summed E-state index contributed by atoms with van der Waals surface area (Å²) in [6.07, 6.45) is 0.128. The Balaban J connectivity index is 1.64. The average molecular weight is 340 g/mol. The number of aliphatic hydroxyl groups excluding tert-OH is 1. The van der Waals surface area contributed by atoms with Crippen LogP contribution in [-0.4, -0.2) is 30.0 Å². The molecule has 0 saturated carbocycles. The van der Waals surface area contributed by atoms with Crippen molar-refractivity contribution in [2.24, 2.45) is 0 Å². The zero-order chi connectivity index (χ0) is 18.1. The van der Waals surface area contributed by atoms with Crippen molar-refractivity contribution in [2.75, 3.05) is 13.1 Å². The standard InChI is InChI=1S/C20H24N2O3/c1-15-8-5-6-11-17(15)18(23)14-22-19(24)12-7-13-21-20(25)16-9-3-2-4-10-16/h2-6,8-11,18,23H,7,12-14H2,1H3,(H,21,25)(H,22,24). The maximum Gasteiger partial charge on any atom is 0.251 e. The highest BCUT2D eigenvalue weighted by Crippen LogP contribution is 2.16. The second-order valence-corrected chi connectivity index (χ2v) is 5.90. The van der Waals surface area contributed by atoms with E-state index in [4.69, 9.17) is 0 Å². The van der Waals surface area contributed by atoms with Gasteiger partial charge in [0.05, 0.1) is 6.10 Å². The van der Waals surface area contributed by atoms with Crippen molar-refractivity contribution in [3.63, 3.8) is 0 Å². The summed E-state index contributed by atoms with van der Waals surface area (Å²) in [7, 11) is 0. The van der Waals surface area contributed by atoms with Crippen molar-refractivity contribution in [1.29, 1.82) is 0 Å². The van der Waals surface area contributed by atoms with Crippen LogP contribution in [0.1, 0.15) is 40.4 Å². The Kier molecular flexibility index (Phi) is 7.16. The van der Waals surface area contributed by atoms with Crippen LogP contribution in [0, 0.1) is 6.92 Å². The zero-order valence-corrected chi connectivity index (χ0v) is 14.4. The molecule has 0 saturated heterocycles. The number of carbonyl (C=O) groups excluding carboxylic acids is 2. The fraction of sp³-hybridized carbons (Fsp3) is 0.300. The van der Waals surface area contributed by atoms with Crippen LogP contribution in [0.25, 0.3) is 0 Å². The van der Waals surface area contributed by atoms with E-state index in [1.54, 1.807) is 12.1 Å². The maximum absolute atomic E-state index is 11.8. The molecule has 1 atom stereocenters. The minimum atomic E-state index is -0.720. The number of nitrogens with one attached hydrogen (secondary N) is 2. The quantitative estimate of drug-likeness (QED) is 0.646. The summed E-state index contributed by atoms with van der Waals surface area (Å²) in [5.74, 6) is -0.280. The predicted molar refractivity (Wildman–Crippen MR) is 97.2 cm³/mol. The lowest BCUT2D eigenvalue weighted by Crippen LogP contribution is -2.30. The van der Waals surface area contributed by atoms with Crippen molar-refractivity contribution in [1.82, 2.24) is 10.6 Å². The Morgan fingerprint density at radius 2 is 1.68 bits per heavy atom. The van der Waals surface area contributed by atoms with Crippen LogP contribution in [-0.2, 0) is 4.79 Å². The van der Waals surface area contributed by atoms with Gasteiger partial charge in [-0.15, -0.1) is 0 Å². The van der Waals surface area contributed by atoms with Gasteiger partial charge in [-0.05, 0) is 36.6 Å². The highest BCUT2D eigenvalue weighted by Gasteiger charge is 2.11. The molecule has 2 rings (SSSR count). The molecule has 25 heavy (non-hydrogen) atoms. The summed E-state index contributed by atoms with van der Waals surface area (Å²) >= 11 is 0. The fourth-order valence-corrected chi connectivity index (χ4v) is 2.51. The maximum atomic E-state index is 11.8. The smallest absolute Gasteiger partial charge is 0.251 e. The van der Waals surface area contributed by atoms with Gasteiger partial charge in [-0.1, -0.05) is 42.5 Å². The first kappa shape index (κ1) is 18.7. The molecular weight excluding hydrogens is 316 g/mol. The molecule has 0 aliphatic heterocycles. The highest BCUT2D eigenvalue weighted by atomic mass is 16.3. The minimum absolute atomic E-state index is 0.137. The first-order valence-electron chi connectivity index (χ1n) is 8.41. The van der Waals surface area contributed by atoms with E-state index >= 15 is 0 Å². The number of hydrogen-bond donors (Lipinski definition) is 3. The lowest BCUT2D eigenvalue weighted by atomic mass is 10.0. The van der Waals surface area contributed by atoms with Gasteiger partial charge in [0.25, 0.3) is 5.91 Å². The van der Waals surface area contributed by atoms with Crippen molar-refractivity contribution < 1.29 is 14.7 Å². The van der Waals surface area contributed by atoms with Crippen LogP contribution in [0.15, 0.2) is 54.6 Å². The minimum Gasteiger partial charge on any atom is -0.387 e. The lowest BCUT2D eigenvalue weighted by Gasteiger charge is -2.14. The molecule has 3 N–H and O–H groups in total. The lowest BCUT2D eigenvalue weighted by molar-refractivity contribution is -0.121. The number of amides is 2. The normalized spacial score (nSPS) is 11.6.